The lowest BCUT2D eigenvalue weighted by atomic mass is 10.0. The van der Waals surface area contributed by atoms with E-state index in [1.807, 2.05) is 79.4 Å². The second-order valence-electron chi connectivity index (χ2n) is 7.50. The zero-order valence-electron chi connectivity index (χ0n) is 17.8. The number of carbonyl (C=O) groups excluding carboxylic acids is 1. The molecule has 1 amide bonds. The van der Waals surface area contributed by atoms with Crippen LogP contribution in [-0.2, 0) is 20.6 Å². The normalized spacial score (nSPS) is 16.9. The second kappa shape index (κ2) is 10.2. The summed E-state index contributed by atoms with van der Waals surface area (Å²) >= 11 is 0. The van der Waals surface area contributed by atoms with Crippen molar-refractivity contribution in [2.45, 2.75) is 25.6 Å². The van der Waals surface area contributed by atoms with Gasteiger partial charge < -0.3 is 4.90 Å². The molecule has 1 saturated heterocycles. The lowest BCUT2D eigenvalue weighted by Crippen LogP contribution is -2.53. The molecular formula is C23H31N3O3S. The van der Waals surface area contributed by atoms with Crippen molar-refractivity contribution < 1.29 is 13.2 Å². The first-order chi connectivity index (χ1) is 14.5. The third-order valence-electron chi connectivity index (χ3n) is 5.65. The second-order valence-corrected chi connectivity index (χ2v) is 9.47. The molecule has 162 valence electrons. The molecule has 1 heterocycles. The Balaban J connectivity index is 1.73. The predicted octanol–water partition coefficient (Wildman–Crippen LogP) is 2.74. The van der Waals surface area contributed by atoms with Crippen molar-refractivity contribution in [3.05, 3.63) is 71.8 Å². The molecule has 0 spiro atoms. The Labute approximate surface area is 180 Å². The zero-order valence-corrected chi connectivity index (χ0v) is 18.6. The van der Waals surface area contributed by atoms with Crippen LogP contribution in [0.3, 0.4) is 0 Å². The standard InChI is InChI=1S/C23H31N3O3S/c1-3-24(4-2)23(27)22(21-13-9-6-10-14-21)25-15-17-26(18-16-25)30(28,29)19-20-11-7-5-8-12-20/h5-14,22H,3-4,15-19H2,1-2H3/t22-/m1/s1. The third-order valence-corrected chi connectivity index (χ3v) is 7.50. The number of rotatable bonds is 8. The summed E-state index contributed by atoms with van der Waals surface area (Å²) in [5.74, 6) is 0.0840. The van der Waals surface area contributed by atoms with Gasteiger partial charge in [-0.1, -0.05) is 60.7 Å². The van der Waals surface area contributed by atoms with Gasteiger partial charge in [-0.05, 0) is 25.0 Å². The highest BCUT2D eigenvalue weighted by Gasteiger charge is 2.35. The topological polar surface area (TPSA) is 60.9 Å². The first kappa shape index (κ1) is 22.5. The summed E-state index contributed by atoms with van der Waals surface area (Å²) < 4.78 is 27.3. The Hall–Kier alpha value is -2.22. The number of sulfonamides is 1. The molecule has 0 radical (unpaired) electrons. The molecule has 0 saturated carbocycles. The fourth-order valence-corrected chi connectivity index (χ4v) is 5.49. The van der Waals surface area contributed by atoms with Gasteiger partial charge in [-0.25, -0.2) is 8.42 Å². The Kier molecular flexibility index (Phi) is 7.64. The lowest BCUT2D eigenvalue weighted by molar-refractivity contribution is -0.137. The van der Waals surface area contributed by atoms with Crippen molar-refractivity contribution in [2.75, 3.05) is 39.3 Å². The lowest BCUT2D eigenvalue weighted by Gasteiger charge is -2.39. The van der Waals surface area contributed by atoms with Gasteiger partial charge in [0, 0.05) is 39.3 Å². The first-order valence-corrected chi connectivity index (χ1v) is 12.2. The van der Waals surface area contributed by atoms with E-state index in [1.54, 1.807) is 4.31 Å². The van der Waals surface area contributed by atoms with E-state index in [2.05, 4.69) is 4.90 Å². The molecule has 1 aliphatic heterocycles. The summed E-state index contributed by atoms with van der Waals surface area (Å²) in [6, 6.07) is 18.7. The maximum atomic E-state index is 13.3. The van der Waals surface area contributed by atoms with Crippen LogP contribution in [0.25, 0.3) is 0 Å². The van der Waals surface area contributed by atoms with Gasteiger partial charge in [-0.2, -0.15) is 4.31 Å². The molecule has 2 aromatic rings. The minimum atomic E-state index is -3.38. The largest absolute Gasteiger partial charge is 0.342 e. The van der Waals surface area contributed by atoms with Crippen molar-refractivity contribution in [1.82, 2.24) is 14.1 Å². The smallest absolute Gasteiger partial charge is 0.244 e. The predicted molar refractivity (Wildman–Crippen MR) is 119 cm³/mol. The molecule has 0 N–H and O–H groups in total. The molecule has 1 aliphatic rings. The highest BCUT2D eigenvalue weighted by Crippen LogP contribution is 2.26. The fraction of sp³-hybridized carbons (Fsp3) is 0.435. The van der Waals surface area contributed by atoms with Crippen LogP contribution in [0, 0.1) is 0 Å². The van der Waals surface area contributed by atoms with Gasteiger partial charge in [0.15, 0.2) is 0 Å². The molecule has 1 fully saturated rings. The van der Waals surface area contributed by atoms with E-state index in [1.165, 1.54) is 0 Å². The Bertz CT molecular complexity index is 907. The molecular weight excluding hydrogens is 398 g/mol. The van der Waals surface area contributed by atoms with Crippen molar-refractivity contribution in [1.29, 1.82) is 0 Å². The van der Waals surface area contributed by atoms with Crippen LogP contribution in [0.2, 0.25) is 0 Å². The summed E-state index contributed by atoms with van der Waals surface area (Å²) in [5.41, 5.74) is 1.74. The minimum Gasteiger partial charge on any atom is -0.342 e. The molecule has 0 unspecified atom stereocenters. The fourth-order valence-electron chi connectivity index (χ4n) is 3.97. The number of piperazine rings is 1. The van der Waals surface area contributed by atoms with Crippen LogP contribution >= 0.6 is 0 Å². The maximum Gasteiger partial charge on any atom is 0.244 e. The molecule has 0 aliphatic carbocycles. The number of benzene rings is 2. The summed E-state index contributed by atoms with van der Waals surface area (Å²) in [4.78, 5) is 17.2. The van der Waals surface area contributed by atoms with Crippen LogP contribution in [0.1, 0.15) is 31.0 Å². The van der Waals surface area contributed by atoms with Gasteiger partial charge in [-0.15, -0.1) is 0 Å². The monoisotopic (exact) mass is 429 g/mol. The van der Waals surface area contributed by atoms with E-state index in [9.17, 15) is 13.2 Å². The number of likely N-dealkylation sites (N-methyl/N-ethyl adjacent to an activating group) is 1. The molecule has 30 heavy (non-hydrogen) atoms. The van der Waals surface area contributed by atoms with Crippen LogP contribution in [0.4, 0.5) is 0 Å². The van der Waals surface area contributed by atoms with E-state index in [-0.39, 0.29) is 17.7 Å². The SMILES string of the molecule is CCN(CC)C(=O)[C@@H](c1ccccc1)N1CCN(S(=O)(=O)Cc2ccccc2)CC1. The van der Waals surface area contributed by atoms with Crippen molar-refractivity contribution >= 4 is 15.9 Å². The first-order valence-electron chi connectivity index (χ1n) is 10.6. The average molecular weight is 430 g/mol. The van der Waals surface area contributed by atoms with Gasteiger partial charge in [0.25, 0.3) is 0 Å². The van der Waals surface area contributed by atoms with Crippen LogP contribution < -0.4 is 0 Å². The molecule has 0 aromatic heterocycles. The van der Waals surface area contributed by atoms with E-state index in [4.69, 9.17) is 0 Å². The van der Waals surface area contributed by atoms with E-state index < -0.39 is 10.0 Å². The molecule has 2 aromatic carbocycles. The average Bonchev–Trinajstić information content (AvgIpc) is 2.76. The summed E-state index contributed by atoms with van der Waals surface area (Å²) in [6.07, 6.45) is 0. The number of hydrogen-bond donors (Lipinski definition) is 0. The van der Waals surface area contributed by atoms with Crippen LogP contribution in [0.5, 0.6) is 0 Å². The van der Waals surface area contributed by atoms with Gasteiger partial charge in [-0.3, -0.25) is 9.69 Å². The Morgan fingerprint density at radius 2 is 1.43 bits per heavy atom. The zero-order chi connectivity index (χ0) is 21.6. The number of amides is 1. The summed E-state index contributed by atoms with van der Waals surface area (Å²) in [6.45, 7) is 7.12. The quantitative estimate of drug-likeness (QED) is 0.647. The highest BCUT2D eigenvalue weighted by molar-refractivity contribution is 7.88. The molecule has 7 heteroatoms. The van der Waals surface area contributed by atoms with Gasteiger partial charge in [0.05, 0.1) is 5.75 Å². The molecule has 3 rings (SSSR count). The highest BCUT2D eigenvalue weighted by atomic mass is 32.2. The number of hydrogen-bond acceptors (Lipinski definition) is 4. The Morgan fingerprint density at radius 3 is 1.97 bits per heavy atom. The maximum absolute atomic E-state index is 13.3. The Morgan fingerprint density at radius 1 is 0.900 bits per heavy atom. The molecule has 0 bridgehead atoms. The van der Waals surface area contributed by atoms with E-state index >= 15 is 0 Å². The van der Waals surface area contributed by atoms with E-state index in [0.29, 0.717) is 39.3 Å². The van der Waals surface area contributed by atoms with Crippen LogP contribution in [0.15, 0.2) is 60.7 Å². The third kappa shape index (κ3) is 5.28. The van der Waals surface area contributed by atoms with Gasteiger partial charge in [0.2, 0.25) is 15.9 Å². The number of carbonyl (C=O) groups is 1. The van der Waals surface area contributed by atoms with Crippen molar-refractivity contribution in [3.8, 4) is 0 Å². The summed E-state index contributed by atoms with van der Waals surface area (Å²) in [7, 11) is -3.38. The van der Waals surface area contributed by atoms with Gasteiger partial charge in [0.1, 0.15) is 6.04 Å². The minimum absolute atomic E-state index is 0.00827. The van der Waals surface area contributed by atoms with Crippen molar-refractivity contribution in [3.63, 3.8) is 0 Å². The number of nitrogens with zero attached hydrogens (tertiary/aromatic N) is 3. The molecule has 6 nitrogen and oxygen atoms in total. The van der Waals surface area contributed by atoms with Crippen molar-refractivity contribution in [2.24, 2.45) is 0 Å². The van der Waals surface area contributed by atoms with E-state index in [0.717, 1.165) is 11.1 Å². The van der Waals surface area contributed by atoms with Gasteiger partial charge >= 0.3 is 0 Å². The molecule has 1 atom stereocenters. The summed E-state index contributed by atoms with van der Waals surface area (Å²) in [5, 5.41) is 0. The van der Waals surface area contributed by atoms with Crippen LogP contribution in [-0.4, -0.2) is 67.7 Å².